The molecule has 0 spiro atoms. The van der Waals surface area contributed by atoms with E-state index >= 15 is 0 Å². The fourth-order valence-electron chi connectivity index (χ4n) is 3.91. The molecule has 0 aromatic heterocycles. The summed E-state index contributed by atoms with van der Waals surface area (Å²) in [6.07, 6.45) is 2.40. The molecule has 1 aliphatic rings. The second-order valence-electron chi connectivity index (χ2n) is 8.04. The van der Waals surface area contributed by atoms with Crippen LogP contribution in [0.2, 0.25) is 0 Å². The zero-order chi connectivity index (χ0) is 20.9. The number of benzene rings is 3. The molecule has 1 saturated heterocycles. The van der Waals surface area contributed by atoms with Crippen LogP contribution < -0.4 is 9.47 Å². The summed E-state index contributed by atoms with van der Waals surface area (Å²) < 4.78 is 12.0. The first kappa shape index (κ1) is 20.7. The summed E-state index contributed by atoms with van der Waals surface area (Å²) in [5, 5.41) is 2.46. The van der Waals surface area contributed by atoms with Gasteiger partial charge in [0.15, 0.2) is 11.5 Å². The van der Waals surface area contributed by atoms with Gasteiger partial charge in [-0.15, -0.1) is 0 Å². The Labute approximate surface area is 184 Å². The molecule has 3 nitrogen and oxygen atoms in total. The molecule has 0 N–H and O–H groups in total. The number of ether oxygens (including phenoxy) is 2. The maximum atomic E-state index is 6.14. The minimum absolute atomic E-state index is 0.499. The lowest BCUT2D eigenvalue weighted by Gasteiger charge is -2.32. The third-order valence-electron chi connectivity index (χ3n) is 5.77. The zero-order valence-electron chi connectivity index (χ0n) is 17.8. The van der Waals surface area contributed by atoms with Crippen molar-refractivity contribution in [1.82, 2.24) is 4.90 Å². The number of hydrogen-bond donors (Lipinski definition) is 0. The van der Waals surface area contributed by atoms with Crippen LogP contribution in [0.15, 0.2) is 60.7 Å². The molecule has 30 heavy (non-hydrogen) atoms. The van der Waals surface area contributed by atoms with Gasteiger partial charge in [-0.05, 0) is 66.3 Å². The molecule has 0 aliphatic carbocycles. The van der Waals surface area contributed by atoms with Crippen LogP contribution in [0.25, 0.3) is 10.8 Å². The molecule has 1 heterocycles. The average molecular weight is 420 g/mol. The predicted molar refractivity (Wildman–Crippen MR) is 128 cm³/mol. The fourth-order valence-corrected chi connectivity index (χ4v) is 4.22. The van der Waals surface area contributed by atoms with Crippen molar-refractivity contribution in [2.75, 3.05) is 19.7 Å². The van der Waals surface area contributed by atoms with E-state index < -0.39 is 0 Å². The van der Waals surface area contributed by atoms with E-state index in [2.05, 4.69) is 60.4 Å². The van der Waals surface area contributed by atoms with Crippen molar-refractivity contribution in [3.63, 3.8) is 0 Å². The Kier molecular flexibility index (Phi) is 6.53. The molecule has 0 atom stereocenters. The highest BCUT2D eigenvalue weighted by Gasteiger charge is 2.20. The molecule has 1 aliphatic heterocycles. The van der Waals surface area contributed by atoms with Crippen LogP contribution >= 0.6 is 12.2 Å². The third kappa shape index (κ3) is 4.76. The summed E-state index contributed by atoms with van der Waals surface area (Å²) in [5.41, 5.74) is 2.17. The molecule has 0 bridgehead atoms. The molecule has 0 saturated carbocycles. The van der Waals surface area contributed by atoms with E-state index in [1.165, 1.54) is 23.6 Å². The molecular weight excluding hydrogens is 390 g/mol. The summed E-state index contributed by atoms with van der Waals surface area (Å²) >= 11 is 5.78. The molecule has 156 valence electrons. The Hall–Kier alpha value is -2.59. The lowest BCUT2D eigenvalue weighted by Crippen LogP contribution is -2.37. The largest absolute Gasteiger partial charge is 0.490 e. The molecule has 0 unspecified atom stereocenters. The number of rotatable bonds is 6. The van der Waals surface area contributed by atoms with Crippen molar-refractivity contribution in [3.8, 4) is 11.5 Å². The van der Waals surface area contributed by atoms with Crippen molar-refractivity contribution in [3.05, 3.63) is 71.8 Å². The number of piperidine rings is 1. The Morgan fingerprint density at radius 1 is 0.933 bits per heavy atom. The van der Waals surface area contributed by atoms with E-state index in [4.69, 9.17) is 21.7 Å². The van der Waals surface area contributed by atoms with Gasteiger partial charge in [0.1, 0.15) is 11.6 Å². The average Bonchev–Trinajstić information content (AvgIpc) is 2.78. The fraction of sp³-hybridized carbons (Fsp3) is 0.346. The maximum absolute atomic E-state index is 6.14. The quantitative estimate of drug-likeness (QED) is 0.442. The van der Waals surface area contributed by atoms with Crippen LogP contribution in [-0.2, 0) is 6.61 Å². The Balaban J connectivity index is 1.49. The van der Waals surface area contributed by atoms with Gasteiger partial charge in [0.25, 0.3) is 0 Å². The van der Waals surface area contributed by atoms with E-state index in [9.17, 15) is 0 Å². The van der Waals surface area contributed by atoms with E-state index in [-0.39, 0.29) is 0 Å². The Morgan fingerprint density at radius 2 is 1.70 bits per heavy atom. The Bertz CT molecular complexity index is 1020. The number of thiocarbonyl (C=S) groups is 1. The minimum atomic E-state index is 0.499. The van der Waals surface area contributed by atoms with Gasteiger partial charge in [0.2, 0.25) is 0 Å². The number of nitrogens with zero attached hydrogens (tertiary/aromatic N) is 1. The smallest absolute Gasteiger partial charge is 0.161 e. The van der Waals surface area contributed by atoms with Gasteiger partial charge in [-0.3, -0.25) is 0 Å². The normalized spacial score (nSPS) is 14.7. The van der Waals surface area contributed by atoms with Gasteiger partial charge in [-0.25, -0.2) is 0 Å². The number of fused-ring (bicyclic) bond motifs is 1. The van der Waals surface area contributed by atoms with E-state index in [0.29, 0.717) is 13.2 Å². The minimum Gasteiger partial charge on any atom is -0.490 e. The van der Waals surface area contributed by atoms with Crippen LogP contribution in [0.1, 0.15) is 37.8 Å². The molecule has 3 aromatic carbocycles. The van der Waals surface area contributed by atoms with Gasteiger partial charge in [-0.1, -0.05) is 55.5 Å². The molecule has 4 rings (SSSR count). The highest BCUT2D eigenvalue weighted by molar-refractivity contribution is 7.80. The number of hydrogen-bond acceptors (Lipinski definition) is 3. The highest BCUT2D eigenvalue weighted by Crippen LogP contribution is 2.31. The third-order valence-corrected chi connectivity index (χ3v) is 6.26. The summed E-state index contributed by atoms with van der Waals surface area (Å²) in [5.74, 6) is 2.29. The van der Waals surface area contributed by atoms with Crippen molar-refractivity contribution in [2.45, 2.75) is 33.3 Å². The summed E-state index contributed by atoms with van der Waals surface area (Å²) in [7, 11) is 0. The van der Waals surface area contributed by atoms with Crippen molar-refractivity contribution in [1.29, 1.82) is 0 Å². The van der Waals surface area contributed by atoms with Crippen molar-refractivity contribution >= 4 is 28.0 Å². The monoisotopic (exact) mass is 419 g/mol. The molecular formula is C26H29NO2S. The SMILES string of the molecule is CCOc1cc(C(=S)N2CCC(C)CC2)ccc1OCc1ccc2ccccc2c1. The van der Waals surface area contributed by atoms with E-state index in [1.807, 2.05) is 19.1 Å². The summed E-state index contributed by atoms with van der Waals surface area (Å²) in [6.45, 7) is 7.45. The second-order valence-corrected chi connectivity index (χ2v) is 8.43. The van der Waals surface area contributed by atoms with Crippen molar-refractivity contribution in [2.24, 2.45) is 5.92 Å². The maximum Gasteiger partial charge on any atom is 0.161 e. The van der Waals surface area contributed by atoms with Crippen LogP contribution in [-0.4, -0.2) is 29.6 Å². The van der Waals surface area contributed by atoms with Crippen LogP contribution in [0.3, 0.4) is 0 Å². The Morgan fingerprint density at radius 3 is 2.47 bits per heavy atom. The van der Waals surface area contributed by atoms with Gasteiger partial charge in [0, 0.05) is 18.7 Å². The topological polar surface area (TPSA) is 21.7 Å². The summed E-state index contributed by atoms with van der Waals surface area (Å²) in [6, 6.07) is 20.9. The van der Waals surface area contributed by atoms with Gasteiger partial charge in [0.05, 0.1) is 6.61 Å². The van der Waals surface area contributed by atoms with Crippen LogP contribution in [0.4, 0.5) is 0 Å². The van der Waals surface area contributed by atoms with E-state index in [1.54, 1.807) is 0 Å². The van der Waals surface area contributed by atoms with Gasteiger partial charge >= 0.3 is 0 Å². The molecule has 0 amide bonds. The lowest BCUT2D eigenvalue weighted by molar-refractivity contribution is 0.269. The zero-order valence-corrected chi connectivity index (χ0v) is 18.6. The van der Waals surface area contributed by atoms with Crippen molar-refractivity contribution < 1.29 is 9.47 Å². The van der Waals surface area contributed by atoms with Gasteiger partial charge in [-0.2, -0.15) is 0 Å². The van der Waals surface area contributed by atoms with Crippen LogP contribution in [0, 0.1) is 5.92 Å². The summed E-state index contributed by atoms with van der Waals surface area (Å²) in [4.78, 5) is 3.22. The molecule has 3 aromatic rings. The highest BCUT2D eigenvalue weighted by atomic mass is 32.1. The van der Waals surface area contributed by atoms with Gasteiger partial charge < -0.3 is 14.4 Å². The number of likely N-dealkylation sites (tertiary alicyclic amines) is 1. The lowest BCUT2D eigenvalue weighted by atomic mass is 9.99. The first-order valence-electron chi connectivity index (χ1n) is 10.8. The second kappa shape index (κ2) is 9.48. The standard InChI is InChI=1S/C26H29NO2S/c1-3-28-25-17-23(26(30)27-14-12-19(2)13-15-27)10-11-24(25)29-18-20-8-9-21-6-4-5-7-22(21)16-20/h4-11,16-17,19H,3,12-15,18H2,1-2H3. The van der Waals surface area contributed by atoms with Crippen LogP contribution in [0.5, 0.6) is 11.5 Å². The first-order chi connectivity index (χ1) is 14.6. The molecule has 1 fully saturated rings. The predicted octanol–water partition coefficient (Wildman–Crippen LogP) is 6.22. The first-order valence-corrected chi connectivity index (χ1v) is 11.2. The molecule has 4 heteroatoms. The molecule has 0 radical (unpaired) electrons. The van der Waals surface area contributed by atoms with E-state index in [0.717, 1.165) is 46.6 Å².